The van der Waals surface area contributed by atoms with Crippen molar-refractivity contribution in [1.82, 2.24) is 0 Å². The number of hydrogen-bond acceptors (Lipinski definition) is 3. The van der Waals surface area contributed by atoms with Crippen LogP contribution < -0.4 is 0 Å². The number of benzene rings is 2. The molecule has 0 saturated carbocycles. The van der Waals surface area contributed by atoms with Crippen LogP contribution in [0.2, 0.25) is 0 Å². The molecular formula is C18H19ClO2S. The molecule has 0 aliphatic rings. The average Bonchev–Trinajstić information content (AvgIpc) is 2.57. The summed E-state index contributed by atoms with van der Waals surface area (Å²) in [6.07, 6.45) is 0.943. The first-order valence-corrected chi connectivity index (χ1v) is 8.19. The molecule has 22 heavy (non-hydrogen) atoms. The summed E-state index contributed by atoms with van der Waals surface area (Å²) in [6, 6.07) is 18.5. The summed E-state index contributed by atoms with van der Waals surface area (Å²) in [6.45, 7) is 0. The van der Waals surface area contributed by atoms with Gasteiger partial charge in [0.2, 0.25) is 0 Å². The highest BCUT2D eigenvalue weighted by Gasteiger charge is 2.02. The van der Waals surface area contributed by atoms with E-state index < -0.39 is 0 Å². The molecule has 2 nitrogen and oxygen atoms in total. The van der Waals surface area contributed by atoms with E-state index in [4.69, 9.17) is 11.6 Å². The molecule has 116 valence electrons. The lowest BCUT2D eigenvalue weighted by atomic mass is 10.1. The van der Waals surface area contributed by atoms with Gasteiger partial charge in [-0.15, -0.1) is 11.6 Å². The molecule has 2 aromatic rings. The van der Waals surface area contributed by atoms with Crippen molar-refractivity contribution in [2.75, 3.05) is 11.6 Å². The van der Waals surface area contributed by atoms with Gasteiger partial charge in [0.25, 0.3) is 0 Å². The van der Waals surface area contributed by atoms with E-state index in [-0.39, 0.29) is 11.6 Å². The fraction of sp³-hybridized carbons (Fsp3) is 0.222. The predicted octanol–water partition coefficient (Wildman–Crippen LogP) is 4.69. The Morgan fingerprint density at radius 2 is 1.18 bits per heavy atom. The topological polar surface area (TPSA) is 34.1 Å². The van der Waals surface area contributed by atoms with Crippen molar-refractivity contribution < 1.29 is 9.59 Å². The molecule has 0 aliphatic heterocycles. The van der Waals surface area contributed by atoms with Crippen molar-refractivity contribution in [3.63, 3.8) is 0 Å². The first-order valence-electron chi connectivity index (χ1n) is 7.02. The molecule has 0 radical (unpaired) electrons. The number of thiol groups is 1. The highest BCUT2D eigenvalue weighted by atomic mass is 35.5. The summed E-state index contributed by atoms with van der Waals surface area (Å²) in [5, 5.41) is 0. The van der Waals surface area contributed by atoms with Crippen molar-refractivity contribution in [2.24, 2.45) is 0 Å². The van der Waals surface area contributed by atoms with E-state index >= 15 is 0 Å². The van der Waals surface area contributed by atoms with Crippen molar-refractivity contribution in [3.05, 3.63) is 71.8 Å². The maximum absolute atomic E-state index is 11.2. The van der Waals surface area contributed by atoms with Crippen LogP contribution in [-0.2, 0) is 0 Å². The van der Waals surface area contributed by atoms with Gasteiger partial charge in [0.05, 0.1) is 0 Å². The fourth-order valence-corrected chi connectivity index (χ4v) is 2.10. The molecule has 2 rings (SSSR count). The minimum absolute atomic E-state index is 0.112. The van der Waals surface area contributed by atoms with E-state index in [2.05, 4.69) is 12.6 Å². The largest absolute Gasteiger partial charge is 0.294 e. The molecule has 0 heterocycles. The van der Waals surface area contributed by atoms with Gasteiger partial charge in [-0.05, 0) is 5.75 Å². The zero-order chi connectivity index (χ0) is 16.2. The predicted molar refractivity (Wildman–Crippen MR) is 95.4 cm³/mol. The van der Waals surface area contributed by atoms with Gasteiger partial charge < -0.3 is 0 Å². The van der Waals surface area contributed by atoms with Gasteiger partial charge in [-0.2, -0.15) is 12.6 Å². The normalized spacial score (nSPS) is 9.55. The summed E-state index contributed by atoms with van der Waals surface area (Å²) in [5.41, 5.74) is 1.52. The van der Waals surface area contributed by atoms with Crippen LogP contribution in [0.3, 0.4) is 0 Å². The third kappa shape index (κ3) is 6.92. The van der Waals surface area contributed by atoms with Gasteiger partial charge in [-0.3, -0.25) is 9.59 Å². The Morgan fingerprint density at radius 1 is 0.773 bits per heavy atom. The summed E-state index contributed by atoms with van der Waals surface area (Å²) >= 11 is 9.41. The number of hydrogen-bond donors (Lipinski definition) is 1. The highest BCUT2D eigenvalue weighted by Crippen LogP contribution is 2.03. The second-order valence-corrected chi connectivity index (χ2v) is 5.32. The number of rotatable bonds is 6. The van der Waals surface area contributed by atoms with Gasteiger partial charge in [0.15, 0.2) is 11.6 Å². The summed E-state index contributed by atoms with van der Waals surface area (Å²) in [7, 11) is 0. The van der Waals surface area contributed by atoms with E-state index in [1.54, 1.807) is 12.1 Å². The van der Waals surface area contributed by atoms with Crippen LogP contribution in [0.5, 0.6) is 0 Å². The first kappa shape index (κ1) is 18.5. The molecule has 0 fully saturated rings. The van der Waals surface area contributed by atoms with Gasteiger partial charge in [0.1, 0.15) is 0 Å². The van der Waals surface area contributed by atoms with Crippen molar-refractivity contribution in [1.29, 1.82) is 0 Å². The maximum Gasteiger partial charge on any atom is 0.164 e. The second kappa shape index (κ2) is 11.0. The number of alkyl halides is 1. The number of Topliss-reactive ketones (excluding diaryl/α,β-unsaturated/α-hetero) is 2. The Balaban J connectivity index is 0.000000220. The third-order valence-corrected chi connectivity index (χ3v) is 3.26. The van der Waals surface area contributed by atoms with Crippen LogP contribution in [0.1, 0.15) is 33.6 Å². The van der Waals surface area contributed by atoms with Gasteiger partial charge in [0, 0.05) is 29.8 Å². The monoisotopic (exact) mass is 334 g/mol. The van der Waals surface area contributed by atoms with Crippen LogP contribution in [0.4, 0.5) is 0 Å². The van der Waals surface area contributed by atoms with E-state index in [0.29, 0.717) is 24.5 Å². The van der Waals surface area contributed by atoms with E-state index in [0.717, 1.165) is 11.1 Å². The Bertz CT molecular complexity index is 517. The van der Waals surface area contributed by atoms with Crippen molar-refractivity contribution in [3.8, 4) is 0 Å². The number of ketones is 2. The van der Waals surface area contributed by atoms with Crippen molar-refractivity contribution in [2.45, 2.75) is 12.8 Å². The van der Waals surface area contributed by atoms with Crippen LogP contribution in [-0.4, -0.2) is 23.2 Å². The molecule has 0 aliphatic carbocycles. The summed E-state index contributed by atoms with van der Waals surface area (Å²) in [4.78, 5) is 22.4. The molecule has 0 aromatic heterocycles. The molecule has 0 amide bonds. The van der Waals surface area contributed by atoms with E-state index in [9.17, 15) is 9.59 Å². The first-order chi connectivity index (χ1) is 10.7. The summed E-state index contributed by atoms with van der Waals surface area (Å²) < 4.78 is 0. The minimum Gasteiger partial charge on any atom is -0.294 e. The Labute approximate surface area is 141 Å². The molecule has 0 bridgehead atoms. The SMILES string of the molecule is O=C(CCCl)c1ccccc1.O=C(CCS)c1ccccc1. The molecule has 0 unspecified atom stereocenters. The smallest absolute Gasteiger partial charge is 0.164 e. The molecule has 0 saturated heterocycles. The quantitative estimate of drug-likeness (QED) is 0.472. The number of carbonyl (C=O) groups excluding carboxylic acids is 2. The standard InChI is InChI=1S/C9H9ClO.C9H10OS/c10-7-6-9(11)8-4-2-1-3-5-8;10-9(6-7-11)8-4-2-1-3-5-8/h1-5H,6-7H2;1-5,11H,6-7H2. The number of halogens is 1. The fourth-order valence-electron chi connectivity index (χ4n) is 1.72. The summed E-state index contributed by atoms with van der Waals surface area (Å²) in [5.74, 6) is 1.29. The third-order valence-electron chi connectivity index (χ3n) is 2.85. The lowest BCUT2D eigenvalue weighted by Crippen LogP contribution is -1.98. The molecule has 4 heteroatoms. The highest BCUT2D eigenvalue weighted by molar-refractivity contribution is 7.80. The van der Waals surface area contributed by atoms with Crippen molar-refractivity contribution >= 4 is 35.8 Å². The van der Waals surface area contributed by atoms with Crippen LogP contribution in [0.15, 0.2) is 60.7 Å². The lowest BCUT2D eigenvalue weighted by Gasteiger charge is -1.95. The molecule has 2 aromatic carbocycles. The Hall–Kier alpha value is -1.58. The van der Waals surface area contributed by atoms with E-state index in [1.807, 2.05) is 48.5 Å². The second-order valence-electron chi connectivity index (χ2n) is 4.49. The number of carbonyl (C=O) groups is 2. The molecule has 0 N–H and O–H groups in total. The van der Waals surface area contributed by atoms with Crippen LogP contribution >= 0.6 is 24.2 Å². The van der Waals surface area contributed by atoms with Gasteiger partial charge in [-0.1, -0.05) is 60.7 Å². The maximum atomic E-state index is 11.2. The lowest BCUT2D eigenvalue weighted by molar-refractivity contribution is 0.0981. The van der Waals surface area contributed by atoms with Crippen LogP contribution in [0.25, 0.3) is 0 Å². The van der Waals surface area contributed by atoms with Crippen LogP contribution in [0, 0.1) is 0 Å². The zero-order valence-electron chi connectivity index (χ0n) is 12.2. The Morgan fingerprint density at radius 3 is 1.55 bits per heavy atom. The molecule has 0 spiro atoms. The van der Waals surface area contributed by atoms with Gasteiger partial charge in [-0.25, -0.2) is 0 Å². The average molecular weight is 335 g/mol. The van der Waals surface area contributed by atoms with E-state index in [1.165, 1.54) is 0 Å². The Kier molecular flexibility index (Phi) is 9.28. The zero-order valence-corrected chi connectivity index (χ0v) is 13.9. The molecular weight excluding hydrogens is 316 g/mol. The minimum atomic E-state index is 0.112. The van der Waals surface area contributed by atoms with Gasteiger partial charge >= 0.3 is 0 Å². The molecule has 0 atom stereocenters.